The summed E-state index contributed by atoms with van der Waals surface area (Å²) in [5.74, 6) is 0.480. The molecule has 0 aliphatic rings. The van der Waals surface area contributed by atoms with Crippen molar-refractivity contribution in [3.8, 4) is 0 Å². The number of alkyl halides is 1. The van der Waals surface area contributed by atoms with E-state index in [2.05, 4.69) is 40.1 Å². The van der Waals surface area contributed by atoms with Crippen LogP contribution in [-0.4, -0.2) is 22.3 Å². The molecular weight excluding hydrogens is 276 g/mol. The van der Waals surface area contributed by atoms with Crippen molar-refractivity contribution >= 4 is 33.2 Å². The molecule has 1 aromatic rings. The third-order valence-electron chi connectivity index (χ3n) is 2.13. The van der Waals surface area contributed by atoms with E-state index in [-0.39, 0.29) is 5.91 Å². The first-order valence-electron chi connectivity index (χ1n) is 4.84. The van der Waals surface area contributed by atoms with E-state index in [4.69, 9.17) is 0 Å². The fraction of sp³-hybridized carbons (Fsp3) is 0.600. The lowest BCUT2D eigenvalue weighted by molar-refractivity contribution is 0.0956. The molecule has 1 amide bonds. The van der Waals surface area contributed by atoms with Gasteiger partial charge in [-0.05, 0) is 12.8 Å². The number of aromatic nitrogens is 1. The van der Waals surface area contributed by atoms with Crippen molar-refractivity contribution in [1.29, 1.82) is 0 Å². The van der Waals surface area contributed by atoms with Gasteiger partial charge in [0, 0.05) is 11.4 Å². The summed E-state index contributed by atoms with van der Waals surface area (Å²) in [6, 6.07) is 0. The number of hydrogen-bond acceptors (Lipinski definition) is 3. The number of carbonyl (C=O) groups is 1. The molecule has 1 atom stereocenters. The number of rotatable bonds is 4. The maximum Gasteiger partial charge on any atom is 0.263 e. The summed E-state index contributed by atoms with van der Waals surface area (Å²) in [5.41, 5.74) is 2.49. The van der Waals surface area contributed by atoms with Crippen LogP contribution >= 0.6 is 27.3 Å². The van der Waals surface area contributed by atoms with Crippen molar-refractivity contribution in [3.05, 3.63) is 16.1 Å². The molecule has 1 N–H and O–H groups in total. The molecule has 0 aromatic carbocycles. The van der Waals surface area contributed by atoms with E-state index in [9.17, 15) is 4.79 Å². The predicted octanol–water partition coefficient (Wildman–Crippen LogP) is 2.60. The monoisotopic (exact) mass is 290 g/mol. The Morgan fingerprint density at radius 1 is 1.67 bits per heavy atom. The van der Waals surface area contributed by atoms with Crippen molar-refractivity contribution in [3.63, 3.8) is 0 Å². The topological polar surface area (TPSA) is 42.0 Å². The van der Waals surface area contributed by atoms with Gasteiger partial charge >= 0.3 is 0 Å². The van der Waals surface area contributed by atoms with Gasteiger partial charge in [-0.1, -0.05) is 29.8 Å². The Hall–Kier alpha value is -0.420. The quantitative estimate of drug-likeness (QED) is 0.866. The second-order valence-corrected chi connectivity index (χ2v) is 5.77. The molecule has 0 aliphatic heterocycles. The molecular formula is C10H15BrN2OS. The Labute approximate surface area is 102 Å². The maximum atomic E-state index is 11.7. The molecule has 1 heterocycles. The van der Waals surface area contributed by atoms with Crippen LogP contribution < -0.4 is 5.32 Å². The third-order valence-corrected chi connectivity index (χ3v) is 4.44. The standard InChI is InChI=1S/C10H15BrN2OS/c1-6(2)8(11)4-12-10(14)9-7(3)13-5-15-9/h5-6,8H,4H2,1-3H3,(H,12,14). The molecule has 0 saturated heterocycles. The summed E-state index contributed by atoms with van der Waals surface area (Å²) < 4.78 is 0. The normalized spacial score (nSPS) is 12.9. The number of aryl methyl sites for hydroxylation is 1. The number of nitrogens with one attached hydrogen (secondary N) is 1. The smallest absolute Gasteiger partial charge is 0.263 e. The highest BCUT2D eigenvalue weighted by Crippen LogP contribution is 2.13. The lowest BCUT2D eigenvalue weighted by Crippen LogP contribution is -2.31. The zero-order chi connectivity index (χ0) is 11.4. The summed E-state index contributed by atoms with van der Waals surface area (Å²) in [4.78, 5) is 16.8. The van der Waals surface area contributed by atoms with E-state index in [0.717, 1.165) is 5.69 Å². The van der Waals surface area contributed by atoms with Crippen molar-refractivity contribution in [2.24, 2.45) is 5.92 Å². The second-order valence-electron chi connectivity index (χ2n) is 3.74. The van der Waals surface area contributed by atoms with Gasteiger partial charge in [-0.3, -0.25) is 4.79 Å². The van der Waals surface area contributed by atoms with Crippen LogP contribution in [0, 0.1) is 12.8 Å². The summed E-state index contributed by atoms with van der Waals surface area (Å²) in [6.45, 7) is 6.72. The Kier molecular flexibility index (Phi) is 4.73. The SMILES string of the molecule is Cc1ncsc1C(=O)NCC(Br)C(C)C. The van der Waals surface area contributed by atoms with Crippen molar-refractivity contribution in [2.75, 3.05) is 6.54 Å². The molecule has 1 aromatic heterocycles. The number of halogens is 1. The van der Waals surface area contributed by atoms with Crippen LogP contribution in [0.25, 0.3) is 0 Å². The highest BCUT2D eigenvalue weighted by molar-refractivity contribution is 9.09. The van der Waals surface area contributed by atoms with E-state index in [1.165, 1.54) is 11.3 Å². The zero-order valence-electron chi connectivity index (χ0n) is 9.08. The van der Waals surface area contributed by atoms with Gasteiger partial charge in [0.2, 0.25) is 0 Å². The van der Waals surface area contributed by atoms with Crippen LogP contribution in [-0.2, 0) is 0 Å². The van der Waals surface area contributed by atoms with Gasteiger partial charge in [0.1, 0.15) is 4.88 Å². The first-order valence-corrected chi connectivity index (χ1v) is 6.64. The molecule has 15 heavy (non-hydrogen) atoms. The van der Waals surface area contributed by atoms with Crippen molar-refractivity contribution in [2.45, 2.75) is 25.6 Å². The van der Waals surface area contributed by atoms with E-state index in [1.54, 1.807) is 5.51 Å². The molecule has 5 heteroatoms. The number of amides is 1. The fourth-order valence-electron chi connectivity index (χ4n) is 1.03. The average Bonchev–Trinajstić information content (AvgIpc) is 2.60. The molecule has 3 nitrogen and oxygen atoms in total. The third kappa shape index (κ3) is 3.57. The van der Waals surface area contributed by atoms with Crippen LogP contribution in [0.5, 0.6) is 0 Å². The molecule has 84 valence electrons. The molecule has 1 rings (SSSR count). The number of carbonyl (C=O) groups excluding carboxylic acids is 1. The zero-order valence-corrected chi connectivity index (χ0v) is 11.5. The Morgan fingerprint density at radius 2 is 2.33 bits per heavy atom. The van der Waals surface area contributed by atoms with E-state index in [1.807, 2.05) is 6.92 Å². The van der Waals surface area contributed by atoms with Gasteiger partial charge in [0.25, 0.3) is 5.91 Å². The van der Waals surface area contributed by atoms with Gasteiger partial charge in [0.15, 0.2) is 0 Å². The number of thiazole rings is 1. The van der Waals surface area contributed by atoms with Crippen LogP contribution in [0.1, 0.15) is 29.2 Å². The minimum Gasteiger partial charge on any atom is -0.350 e. The first-order chi connectivity index (χ1) is 7.02. The Morgan fingerprint density at radius 3 is 2.80 bits per heavy atom. The number of nitrogens with zero attached hydrogens (tertiary/aromatic N) is 1. The number of hydrogen-bond donors (Lipinski definition) is 1. The summed E-state index contributed by atoms with van der Waals surface area (Å²) in [7, 11) is 0. The Balaban J connectivity index is 2.47. The van der Waals surface area contributed by atoms with Gasteiger partial charge in [-0.2, -0.15) is 0 Å². The fourth-order valence-corrected chi connectivity index (χ4v) is 1.91. The molecule has 0 saturated carbocycles. The molecule has 0 spiro atoms. The lowest BCUT2D eigenvalue weighted by atomic mass is 10.1. The van der Waals surface area contributed by atoms with Crippen molar-refractivity contribution in [1.82, 2.24) is 10.3 Å². The summed E-state index contributed by atoms with van der Waals surface area (Å²) in [5, 5.41) is 2.89. The minimum absolute atomic E-state index is 0.0277. The van der Waals surface area contributed by atoms with E-state index in [0.29, 0.717) is 22.2 Å². The predicted molar refractivity (Wildman–Crippen MR) is 66.7 cm³/mol. The van der Waals surface area contributed by atoms with E-state index >= 15 is 0 Å². The van der Waals surface area contributed by atoms with Crippen LogP contribution in [0.15, 0.2) is 5.51 Å². The molecule has 0 fully saturated rings. The largest absolute Gasteiger partial charge is 0.350 e. The first kappa shape index (κ1) is 12.6. The highest BCUT2D eigenvalue weighted by atomic mass is 79.9. The van der Waals surface area contributed by atoms with Crippen molar-refractivity contribution < 1.29 is 4.79 Å². The lowest BCUT2D eigenvalue weighted by Gasteiger charge is -2.13. The average molecular weight is 291 g/mol. The molecule has 1 unspecified atom stereocenters. The van der Waals surface area contributed by atoms with Gasteiger partial charge in [0.05, 0.1) is 11.2 Å². The molecule has 0 bridgehead atoms. The van der Waals surface area contributed by atoms with Gasteiger partial charge in [-0.25, -0.2) is 4.98 Å². The van der Waals surface area contributed by atoms with E-state index < -0.39 is 0 Å². The highest BCUT2D eigenvalue weighted by Gasteiger charge is 2.14. The van der Waals surface area contributed by atoms with Crippen LogP contribution in [0.3, 0.4) is 0 Å². The molecule has 0 radical (unpaired) electrons. The summed E-state index contributed by atoms with van der Waals surface area (Å²) in [6.07, 6.45) is 0. The molecule has 0 aliphatic carbocycles. The van der Waals surface area contributed by atoms with Crippen LogP contribution in [0.2, 0.25) is 0 Å². The minimum atomic E-state index is -0.0277. The second kappa shape index (κ2) is 5.61. The van der Waals surface area contributed by atoms with Gasteiger partial charge in [-0.15, -0.1) is 11.3 Å². The summed E-state index contributed by atoms with van der Waals surface area (Å²) >= 11 is 4.90. The Bertz CT molecular complexity index is 338. The van der Waals surface area contributed by atoms with Crippen LogP contribution in [0.4, 0.5) is 0 Å². The van der Waals surface area contributed by atoms with Gasteiger partial charge < -0.3 is 5.32 Å². The maximum absolute atomic E-state index is 11.7.